The maximum absolute atomic E-state index is 4.33. The van der Waals surface area contributed by atoms with Crippen molar-refractivity contribution < 1.29 is 0 Å². The van der Waals surface area contributed by atoms with Gasteiger partial charge in [0, 0.05) is 24.9 Å². The van der Waals surface area contributed by atoms with Crippen LogP contribution in [0.4, 0.5) is 0 Å². The quantitative estimate of drug-likeness (QED) is 0.713. The highest BCUT2D eigenvalue weighted by Crippen LogP contribution is 2.21. The van der Waals surface area contributed by atoms with E-state index >= 15 is 0 Å². The van der Waals surface area contributed by atoms with Gasteiger partial charge in [-0.15, -0.1) is 6.58 Å². The molecule has 0 radical (unpaired) electrons. The molecule has 1 rings (SSSR count). The second-order valence-corrected chi connectivity index (χ2v) is 4.46. The Morgan fingerprint density at radius 2 is 2.38 bits per heavy atom. The van der Waals surface area contributed by atoms with Gasteiger partial charge in [-0.3, -0.25) is 4.68 Å². The molecule has 1 heterocycles. The van der Waals surface area contributed by atoms with Crippen molar-refractivity contribution in [3.63, 3.8) is 0 Å². The number of hydrogen-bond donors (Lipinski definition) is 1. The second-order valence-electron chi connectivity index (χ2n) is 4.46. The second kappa shape index (κ2) is 5.80. The van der Waals surface area contributed by atoms with Crippen LogP contribution in [0.2, 0.25) is 0 Å². The highest BCUT2D eigenvalue weighted by molar-refractivity contribution is 5.01. The number of aryl methyl sites for hydroxylation is 1. The molecule has 4 nitrogen and oxygen atoms in total. The molecule has 0 aliphatic carbocycles. The van der Waals surface area contributed by atoms with E-state index < -0.39 is 0 Å². The molecule has 0 saturated heterocycles. The molecule has 0 aromatic carbocycles. The van der Waals surface area contributed by atoms with Crippen molar-refractivity contribution in [2.24, 2.45) is 5.41 Å². The molecule has 1 unspecified atom stereocenters. The summed E-state index contributed by atoms with van der Waals surface area (Å²) in [4.78, 5) is 4.33. The maximum atomic E-state index is 4.33. The van der Waals surface area contributed by atoms with Crippen molar-refractivity contribution in [1.29, 1.82) is 0 Å². The molecule has 0 fully saturated rings. The predicted molar refractivity (Wildman–Crippen MR) is 66.2 cm³/mol. The van der Waals surface area contributed by atoms with Gasteiger partial charge < -0.3 is 5.32 Å². The minimum absolute atomic E-state index is 0.0350. The van der Waals surface area contributed by atoms with Gasteiger partial charge in [-0.25, -0.2) is 4.98 Å². The molecule has 1 atom stereocenters. The van der Waals surface area contributed by atoms with E-state index in [1.165, 1.54) is 0 Å². The molecule has 90 valence electrons. The highest BCUT2D eigenvalue weighted by atomic mass is 15.3. The Morgan fingerprint density at radius 1 is 1.62 bits per heavy atom. The van der Waals surface area contributed by atoms with E-state index in [0.29, 0.717) is 0 Å². The fourth-order valence-electron chi connectivity index (χ4n) is 1.80. The first-order valence-corrected chi connectivity index (χ1v) is 5.80. The Balaban J connectivity index is 2.77. The van der Waals surface area contributed by atoms with Gasteiger partial charge in [0.15, 0.2) is 0 Å². The van der Waals surface area contributed by atoms with Crippen molar-refractivity contribution in [1.82, 2.24) is 20.1 Å². The third-order valence-corrected chi connectivity index (χ3v) is 2.77. The van der Waals surface area contributed by atoms with Gasteiger partial charge in [-0.05, 0) is 13.5 Å². The Bertz CT molecular complexity index is 332. The van der Waals surface area contributed by atoms with Gasteiger partial charge in [0.25, 0.3) is 0 Å². The standard InChI is InChI=1S/C12H22N4/c1-5-7-16-11(14-10-15-16)8-12(3,6-2)9-13-4/h6,10,13H,2,5,7-9H2,1,3-4H3. The molecule has 0 aliphatic heterocycles. The van der Waals surface area contributed by atoms with Crippen LogP contribution in [0.25, 0.3) is 0 Å². The first-order chi connectivity index (χ1) is 7.65. The van der Waals surface area contributed by atoms with E-state index in [0.717, 1.165) is 31.8 Å². The zero-order valence-corrected chi connectivity index (χ0v) is 10.5. The summed E-state index contributed by atoms with van der Waals surface area (Å²) < 4.78 is 1.98. The van der Waals surface area contributed by atoms with Gasteiger partial charge in [0.1, 0.15) is 12.2 Å². The smallest absolute Gasteiger partial charge is 0.138 e. The molecule has 0 aliphatic rings. The Kier molecular flexibility index (Phi) is 4.68. The summed E-state index contributed by atoms with van der Waals surface area (Å²) in [6, 6.07) is 0. The summed E-state index contributed by atoms with van der Waals surface area (Å²) in [5, 5.41) is 7.43. The van der Waals surface area contributed by atoms with Crippen molar-refractivity contribution in [3.05, 3.63) is 24.8 Å². The molecule has 1 aromatic rings. The summed E-state index contributed by atoms with van der Waals surface area (Å²) >= 11 is 0. The van der Waals surface area contributed by atoms with E-state index in [1.54, 1.807) is 6.33 Å². The van der Waals surface area contributed by atoms with Crippen molar-refractivity contribution >= 4 is 0 Å². The summed E-state index contributed by atoms with van der Waals surface area (Å²) in [6.45, 7) is 10.1. The fraction of sp³-hybridized carbons (Fsp3) is 0.667. The molecular weight excluding hydrogens is 200 g/mol. The maximum Gasteiger partial charge on any atom is 0.138 e. The van der Waals surface area contributed by atoms with E-state index in [9.17, 15) is 0 Å². The van der Waals surface area contributed by atoms with Crippen molar-refractivity contribution in [2.45, 2.75) is 33.2 Å². The van der Waals surface area contributed by atoms with Gasteiger partial charge in [-0.1, -0.05) is 19.9 Å². The lowest BCUT2D eigenvalue weighted by Gasteiger charge is -2.24. The van der Waals surface area contributed by atoms with Gasteiger partial charge in [-0.2, -0.15) is 5.10 Å². The van der Waals surface area contributed by atoms with E-state index in [2.05, 4.69) is 35.8 Å². The zero-order chi connectivity index (χ0) is 12.0. The number of aromatic nitrogens is 3. The number of nitrogens with one attached hydrogen (secondary N) is 1. The van der Waals surface area contributed by atoms with E-state index in [1.807, 2.05) is 17.8 Å². The monoisotopic (exact) mass is 222 g/mol. The van der Waals surface area contributed by atoms with Crippen LogP contribution in [0.5, 0.6) is 0 Å². The molecular formula is C12H22N4. The molecule has 0 saturated carbocycles. The summed E-state index contributed by atoms with van der Waals surface area (Å²) in [7, 11) is 1.96. The number of hydrogen-bond acceptors (Lipinski definition) is 3. The highest BCUT2D eigenvalue weighted by Gasteiger charge is 2.22. The van der Waals surface area contributed by atoms with Crippen LogP contribution < -0.4 is 5.32 Å². The first kappa shape index (κ1) is 12.9. The predicted octanol–water partition coefficient (Wildman–Crippen LogP) is 1.64. The Hall–Kier alpha value is -1.16. The van der Waals surface area contributed by atoms with Gasteiger partial charge in [0.05, 0.1) is 0 Å². The lowest BCUT2D eigenvalue weighted by atomic mass is 9.86. The Labute approximate surface area is 97.8 Å². The topological polar surface area (TPSA) is 42.7 Å². The van der Waals surface area contributed by atoms with Gasteiger partial charge >= 0.3 is 0 Å². The van der Waals surface area contributed by atoms with E-state index in [-0.39, 0.29) is 5.41 Å². The fourth-order valence-corrected chi connectivity index (χ4v) is 1.80. The van der Waals surface area contributed by atoms with E-state index in [4.69, 9.17) is 0 Å². The molecule has 16 heavy (non-hydrogen) atoms. The number of nitrogens with zero attached hydrogens (tertiary/aromatic N) is 3. The third kappa shape index (κ3) is 3.17. The normalized spacial score (nSPS) is 14.7. The summed E-state index contributed by atoms with van der Waals surface area (Å²) in [6.07, 6.45) is 5.58. The van der Waals surface area contributed by atoms with Crippen LogP contribution in [0.3, 0.4) is 0 Å². The van der Waals surface area contributed by atoms with Crippen molar-refractivity contribution in [2.75, 3.05) is 13.6 Å². The van der Waals surface area contributed by atoms with Crippen LogP contribution in [0.15, 0.2) is 19.0 Å². The summed E-state index contributed by atoms with van der Waals surface area (Å²) in [5.41, 5.74) is 0.0350. The van der Waals surface area contributed by atoms with Crippen LogP contribution in [-0.2, 0) is 13.0 Å². The molecule has 0 amide bonds. The van der Waals surface area contributed by atoms with Gasteiger partial charge in [0.2, 0.25) is 0 Å². The summed E-state index contributed by atoms with van der Waals surface area (Å²) in [5.74, 6) is 1.04. The Morgan fingerprint density at radius 3 is 2.94 bits per heavy atom. The lowest BCUT2D eigenvalue weighted by molar-refractivity contribution is 0.384. The van der Waals surface area contributed by atoms with Crippen molar-refractivity contribution in [3.8, 4) is 0 Å². The molecule has 1 aromatic heterocycles. The minimum atomic E-state index is 0.0350. The van der Waals surface area contributed by atoms with Crippen LogP contribution in [-0.4, -0.2) is 28.4 Å². The molecule has 0 bridgehead atoms. The minimum Gasteiger partial charge on any atom is -0.319 e. The molecule has 0 spiro atoms. The van der Waals surface area contributed by atoms with Crippen LogP contribution >= 0.6 is 0 Å². The van der Waals surface area contributed by atoms with Crippen LogP contribution in [0, 0.1) is 5.41 Å². The number of rotatable bonds is 7. The SMILES string of the molecule is C=CC(C)(CNC)Cc1ncnn1CCC. The first-order valence-electron chi connectivity index (χ1n) is 5.80. The zero-order valence-electron chi connectivity index (χ0n) is 10.5. The lowest BCUT2D eigenvalue weighted by Crippen LogP contribution is -2.31. The van der Waals surface area contributed by atoms with Crippen LogP contribution in [0.1, 0.15) is 26.1 Å². The largest absolute Gasteiger partial charge is 0.319 e. The third-order valence-electron chi connectivity index (χ3n) is 2.77. The average molecular weight is 222 g/mol. The average Bonchev–Trinajstić information content (AvgIpc) is 2.67. The molecule has 1 N–H and O–H groups in total. The molecule has 4 heteroatoms.